The summed E-state index contributed by atoms with van der Waals surface area (Å²) in [6.07, 6.45) is 1.54. The summed E-state index contributed by atoms with van der Waals surface area (Å²) in [6.45, 7) is 2.75. The number of aromatic nitrogens is 2. The molecule has 0 fully saturated rings. The zero-order chi connectivity index (χ0) is 8.10. The molecule has 4 nitrogen and oxygen atoms in total. The Hall–Kier alpha value is -1.16. The first-order valence-corrected chi connectivity index (χ1v) is 3.37. The average Bonchev–Trinajstić information content (AvgIpc) is 2.01. The van der Waals surface area contributed by atoms with Crippen molar-refractivity contribution in [3.63, 3.8) is 0 Å². The Morgan fingerprint density at radius 3 is 3.18 bits per heavy atom. The van der Waals surface area contributed by atoms with Crippen LogP contribution in [0.15, 0.2) is 6.20 Å². The topological polar surface area (TPSA) is 61.0 Å². The number of hydrogen-bond acceptors (Lipinski definition) is 4. The summed E-state index contributed by atoms with van der Waals surface area (Å²) >= 11 is 0. The minimum absolute atomic E-state index is 0.367. The lowest BCUT2D eigenvalue weighted by atomic mass is 10.5. The van der Waals surface area contributed by atoms with Gasteiger partial charge in [0.25, 0.3) is 0 Å². The smallest absolute Gasteiger partial charge is 0.316 e. The Balaban J connectivity index is 2.56. The van der Waals surface area contributed by atoms with Gasteiger partial charge in [-0.15, -0.1) is 0 Å². The molecule has 1 rings (SSSR count). The molecule has 2 N–H and O–H groups in total. The summed E-state index contributed by atoms with van der Waals surface area (Å²) in [7, 11) is 0. The van der Waals surface area contributed by atoms with E-state index in [9.17, 15) is 0 Å². The zero-order valence-corrected chi connectivity index (χ0v) is 6.37. The highest BCUT2D eigenvalue weighted by atomic mass is 16.5. The molecule has 1 aromatic rings. The summed E-state index contributed by atoms with van der Waals surface area (Å²) < 4.78 is 5.07. The summed E-state index contributed by atoms with van der Waals surface area (Å²) in [6, 6.07) is 3.18. The minimum atomic E-state index is 0.367. The quantitative estimate of drug-likeness (QED) is 0.658. The molecule has 0 aliphatic rings. The van der Waals surface area contributed by atoms with E-state index in [1.807, 2.05) is 6.92 Å². The van der Waals surface area contributed by atoms with E-state index in [4.69, 9.17) is 10.5 Å². The van der Waals surface area contributed by atoms with Crippen molar-refractivity contribution in [1.29, 1.82) is 0 Å². The van der Waals surface area contributed by atoms with Crippen molar-refractivity contribution >= 4 is 0 Å². The molecule has 0 saturated carbocycles. The molecule has 11 heavy (non-hydrogen) atoms. The van der Waals surface area contributed by atoms with Crippen molar-refractivity contribution in [2.24, 2.45) is 5.73 Å². The molecule has 1 heterocycles. The predicted octanol–water partition coefficient (Wildman–Crippen LogP) is -0.0773. The van der Waals surface area contributed by atoms with E-state index in [2.05, 4.69) is 16.0 Å². The van der Waals surface area contributed by atoms with Gasteiger partial charge >= 0.3 is 6.01 Å². The number of ether oxygens (including phenoxy) is 1. The van der Waals surface area contributed by atoms with Crippen molar-refractivity contribution in [3.05, 3.63) is 18.0 Å². The first-order valence-electron chi connectivity index (χ1n) is 3.37. The van der Waals surface area contributed by atoms with E-state index >= 15 is 0 Å². The molecule has 4 heteroatoms. The average molecular weight is 152 g/mol. The number of nitrogens with two attached hydrogens (primary N) is 1. The molecule has 0 aromatic carbocycles. The maximum absolute atomic E-state index is 5.23. The van der Waals surface area contributed by atoms with Crippen molar-refractivity contribution in [2.45, 2.75) is 6.92 Å². The molecule has 0 aliphatic heterocycles. The third-order valence-electron chi connectivity index (χ3n) is 1.06. The lowest BCUT2D eigenvalue weighted by molar-refractivity contribution is 0.301. The number of aryl methyl sites for hydroxylation is 1. The maximum atomic E-state index is 5.23. The van der Waals surface area contributed by atoms with Gasteiger partial charge in [0.15, 0.2) is 0 Å². The van der Waals surface area contributed by atoms with Gasteiger partial charge in [-0.05, 0) is 6.92 Å². The fraction of sp³-hybridized carbons (Fsp3) is 0.429. The van der Waals surface area contributed by atoms with Crippen molar-refractivity contribution in [3.8, 4) is 6.01 Å². The Kier molecular flexibility index (Phi) is 2.80. The van der Waals surface area contributed by atoms with Crippen LogP contribution in [0.3, 0.4) is 0 Å². The van der Waals surface area contributed by atoms with Crippen LogP contribution in [-0.4, -0.2) is 23.1 Å². The second-order valence-electron chi connectivity index (χ2n) is 2.02. The molecule has 0 bridgehead atoms. The van der Waals surface area contributed by atoms with Crippen molar-refractivity contribution in [1.82, 2.24) is 9.97 Å². The van der Waals surface area contributed by atoms with Crippen LogP contribution in [0.25, 0.3) is 0 Å². The number of hydrogen-bond donors (Lipinski definition) is 1. The first-order chi connectivity index (χ1) is 5.33. The van der Waals surface area contributed by atoms with Gasteiger partial charge in [0.05, 0.1) is 5.69 Å². The first kappa shape index (κ1) is 7.94. The van der Waals surface area contributed by atoms with Crippen LogP contribution in [0, 0.1) is 13.0 Å². The fourth-order valence-electron chi connectivity index (χ4n) is 0.605. The highest BCUT2D eigenvalue weighted by Crippen LogP contribution is 1.99. The predicted molar refractivity (Wildman–Crippen MR) is 40.2 cm³/mol. The van der Waals surface area contributed by atoms with Gasteiger partial charge in [0.1, 0.15) is 6.61 Å². The molecule has 0 saturated heterocycles. The lowest BCUT2D eigenvalue weighted by Gasteiger charge is -2.00. The highest BCUT2D eigenvalue weighted by molar-refractivity contribution is 5.01. The van der Waals surface area contributed by atoms with E-state index in [-0.39, 0.29) is 0 Å². The van der Waals surface area contributed by atoms with Gasteiger partial charge in [-0.25, -0.2) is 4.98 Å². The third-order valence-corrected chi connectivity index (χ3v) is 1.06. The van der Waals surface area contributed by atoms with Crippen molar-refractivity contribution in [2.75, 3.05) is 13.2 Å². The Morgan fingerprint density at radius 1 is 1.73 bits per heavy atom. The molecule has 0 spiro atoms. The standard InChI is InChI=1S/C7H10N3O/c1-6-2-4-9-7(10-6)11-5-3-8/h4H,3,5,8H2,1H3. The second-order valence-corrected chi connectivity index (χ2v) is 2.02. The zero-order valence-electron chi connectivity index (χ0n) is 6.37. The number of nitrogens with zero attached hydrogens (tertiary/aromatic N) is 2. The van der Waals surface area contributed by atoms with Crippen LogP contribution < -0.4 is 10.5 Å². The SMILES string of the molecule is Cc1[c]cnc(OCCN)n1. The molecule has 0 aliphatic carbocycles. The summed E-state index contributed by atoms with van der Waals surface area (Å²) in [5, 5.41) is 0. The molecular formula is C7H10N3O. The van der Waals surface area contributed by atoms with Gasteiger partial charge in [0, 0.05) is 18.8 Å². The molecule has 0 atom stereocenters. The Labute approximate surface area is 65.4 Å². The summed E-state index contributed by atoms with van der Waals surface area (Å²) in [5.41, 5.74) is 6.00. The van der Waals surface area contributed by atoms with Crippen molar-refractivity contribution < 1.29 is 4.74 Å². The van der Waals surface area contributed by atoms with Crippen LogP contribution in [0.4, 0.5) is 0 Å². The van der Waals surface area contributed by atoms with E-state index in [1.165, 1.54) is 6.20 Å². The van der Waals surface area contributed by atoms with Gasteiger partial charge in [-0.2, -0.15) is 4.98 Å². The van der Waals surface area contributed by atoms with E-state index in [0.29, 0.717) is 19.2 Å². The fourth-order valence-corrected chi connectivity index (χ4v) is 0.605. The van der Waals surface area contributed by atoms with Crippen LogP contribution >= 0.6 is 0 Å². The lowest BCUT2D eigenvalue weighted by Crippen LogP contribution is -2.12. The molecule has 59 valence electrons. The van der Waals surface area contributed by atoms with E-state index < -0.39 is 0 Å². The second kappa shape index (κ2) is 3.88. The Bertz CT molecular complexity index is 227. The molecule has 1 radical (unpaired) electrons. The summed E-state index contributed by atoms with van der Waals surface area (Å²) in [4.78, 5) is 7.80. The molecule has 0 amide bonds. The highest BCUT2D eigenvalue weighted by Gasteiger charge is 1.94. The largest absolute Gasteiger partial charge is 0.462 e. The normalized spacial score (nSPS) is 9.64. The monoisotopic (exact) mass is 152 g/mol. The third kappa shape index (κ3) is 2.51. The van der Waals surface area contributed by atoms with Crippen LogP contribution in [0.2, 0.25) is 0 Å². The minimum Gasteiger partial charge on any atom is -0.462 e. The molecular weight excluding hydrogens is 142 g/mol. The van der Waals surface area contributed by atoms with Crippen LogP contribution in [0.5, 0.6) is 6.01 Å². The van der Waals surface area contributed by atoms with E-state index in [0.717, 1.165) is 5.69 Å². The van der Waals surface area contributed by atoms with Gasteiger partial charge < -0.3 is 10.5 Å². The Morgan fingerprint density at radius 2 is 2.55 bits per heavy atom. The molecule has 0 unspecified atom stereocenters. The number of rotatable bonds is 3. The van der Waals surface area contributed by atoms with Gasteiger partial charge in [0.2, 0.25) is 0 Å². The van der Waals surface area contributed by atoms with Crippen LogP contribution in [-0.2, 0) is 0 Å². The molecule has 1 aromatic heterocycles. The van der Waals surface area contributed by atoms with Gasteiger partial charge in [-0.1, -0.05) is 0 Å². The maximum Gasteiger partial charge on any atom is 0.316 e. The summed E-state index contributed by atoms with van der Waals surface area (Å²) in [5.74, 6) is 0. The van der Waals surface area contributed by atoms with E-state index in [1.54, 1.807) is 0 Å². The van der Waals surface area contributed by atoms with Crippen LogP contribution in [0.1, 0.15) is 5.69 Å². The van der Waals surface area contributed by atoms with Gasteiger partial charge in [-0.3, -0.25) is 0 Å².